The van der Waals surface area contributed by atoms with Crippen LogP contribution < -0.4 is 5.32 Å². The molecule has 0 aliphatic carbocycles. The Morgan fingerprint density at radius 2 is 1.94 bits per heavy atom. The number of para-hydroxylation sites is 1. The normalized spacial score (nSPS) is 15.7. The predicted octanol–water partition coefficient (Wildman–Crippen LogP) is 2.74. The van der Waals surface area contributed by atoms with Crippen LogP contribution in [0.2, 0.25) is 0 Å². The first-order valence-electron chi connectivity index (χ1n) is 6.45. The van der Waals surface area contributed by atoms with Gasteiger partial charge >= 0.3 is 0 Å². The van der Waals surface area contributed by atoms with E-state index in [0.29, 0.717) is 0 Å². The third-order valence-corrected chi connectivity index (χ3v) is 3.17. The Kier molecular flexibility index (Phi) is 4.02. The maximum absolute atomic E-state index is 12.4. The van der Waals surface area contributed by atoms with Crippen molar-refractivity contribution < 1.29 is 4.79 Å². The summed E-state index contributed by atoms with van der Waals surface area (Å²) >= 11 is 0. The van der Waals surface area contributed by atoms with Crippen molar-refractivity contribution in [3.05, 3.63) is 29.8 Å². The first kappa shape index (κ1) is 12.0. The zero-order valence-electron chi connectivity index (χ0n) is 10.4. The van der Waals surface area contributed by atoms with Gasteiger partial charge in [-0.2, -0.15) is 0 Å². The Morgan fingerprint density at radius 1 is 1.24 bits per heavy atom. The number of benzene rings is 1. The van der Waals surface area contributed by atoms with Crippen LogP contribution in [0, 0.1) is 0 Å². The van der Waals surface area contributed by atoms with E-state index in [-0.39, 0.29) is 5.91 Å². The summed E-state index contributed by atoms with van der Waals surface area (Å²) in [5, 5.41) is 3.25. The smallest absolute Gasteiger partial charge is 0.255 e. The number of nitrogens with one attached hydrogen (secondary N) is 1. The zero-order valence-corrected chi connectivity index (χ0v) is 10.4. The van der Waals surface area contributed by atoms with E-state index in [0.717, 1.165) is 43.7 Å². The Hall–Kier alpha value is -1.51. The molecule has 1 saturated heterocycles. The minimum absolute atomic E-state index is 0.168. The van der Waals surface area contributed by atoms with Crippen LogP contribution in [-0.4, -0.2) is 30.4 Å². The quantitative estimate of drug-likeness (QED) is 0.869. The fraction of sp³-hybridized carbons (Fsp3) is 0.500. The molecule has 17 heavy (non-hydrogen) atoms. The molecule has 1 aromatic carbocycles. The van der Waals surface area contributed by atoms with Gasteiger partial charge in [0.05, 0.1) is 5.56 Å². The van der Waals surface area contributed by atoms with E-state index < -0.39 is 0 Å². The van der Waals surface area contributed by atoms with Crippen molar-refractivity contribution in [2.45, 2.75) is 26.2 Å². The second kappa shape index (κ2) is 5.71. The molecule has 3 nitrogen and oxygen atoms in total. The molecule has 1 amide bonds. The minimum Gasteiger partial charge on any atom is -0.385 e. The van der Waals surface area contributed by atoms with Crippen molar-refractivity contribution in [3.63, 3.8) is 0 Å². The molecule has 0 unspecified atom stereocenters. The summed E-state index contributed by atoms with van der Waals surface area (Å²) in [4.78, 5) is 14.4. The van der Waals surface area contributed by atoms with E-state index in [9.17, 15) is 4.79 Å². The summed E-state index contributed by atoms with van der Waals surface area (Å²) < 4.78 is 0. The maximum Gasteiger partial charge on any atom is 0.255 e. The number of carbonyl (C=O) groups excluding carboxylic acids is 1. The van der Waals surface area contributed by atoms with Gasteiger partial charge in [0.25, 0.3) is 5.91 Å². The molecular formula is C14H20N2O. The summed E-state index contributed by atoms with van der Waals surface area (Å²) in [6.07, 6.45) is 3.52. The number of likely N-dealkylation sites (tertiary alicyclic amines) is 1. The number of carbonyl (C=O) groups is 1. The Balaban J connectivity index is 2.17. The van der Waals surface area contributed by atoms with Crippen LogP contribution in [-0.2, 0) is 0 Å². The minimum atomic E-state index is 0.168. The van der Waals surface area contributed by atoms with Gasteiger partial charge in [-0.05, 0) is 38.3 Å². The molecule has 0 spiro atoms. The number of rotatable bonds is 3. The predicted molar refractivity (Wildman–Crippen MR) is 70.4 cm³/mol. The number of amides is 1. The van der Waals surface area contributed by atoms with E-state index in [4.69, 9.17) is 0 Å². The van der Waals surface area contributed by atoms with Gasteiger partial charge in [-0.15, -0.1) is 0 Å². The van der Waals surface area contributed by atoms with Crippen LogP contribution in [0.1, 0.15) is 36.5 Å². The fourth-order valence-electron chi connectivity index (χ4n) is 2.28. The molecule has 1 heterocycles. The summed E-state index contributed by atoms with van der Waals surface area (Å²) in [7, 11) is 0. The van der Waals surface area contributed by atoms with Gasteiger partial charge in [0.15, 0.2) is 0 Å². The lowest BCUT2D eigenvalue weighted by Crippen LogP contribution is -2.35. The third-order valence-electron chi connectivity index (χ3n) is 3.17. The maximum atomic E-state index is 12.4. The van der Waals surface area contributed by atoms with E-state index in [1.807, 2.05) is 36.1 Å². The molecule has 1 aliphatic heterocycles. The number of hydrogen-bond donors (Lipinski definition) is 1. The zero-order chi connectivity index (χ0) is 12.1. The van der Waals surface area contributed by atoms with Gasteiger partial charge in [0, 0.05) is 25.3 Å². The van der Waals surface area contributed by atoms with E-state index >= 15 is 0 Å². The molecule has 0 saturated carbocycles. The van der Waals surface area contributed by atoms with Gasteiger partial charge in [-0.25, -0.2) is 0 Å². The van der Waals surface area contributed by atoms with E-state index in [2.05, 4.69) is 5.32 Å². The molecule has 1 N–H and O–H groups in total. The topological polar surface area (TPSA) is 32.3 Å². The molecule has 1 aromatic rings. The molecule has 1 aliphatic rings. The molecule has 0 bridgehead atoms. The van der Waals surface area contributed by atoms with Crippen LogP contribution >= 0.6 is 0 Å². The summed E-state index contributed by atoms with van der Waals surface area (Å²) in [6, 6.07) is 7.78. The second-order valence-electron chi connectivity index (χ2n) is 4.43. The van der Waals surface area contributed by atoms with Crippen molar-refractivity contribution in [1.29, 1.82) is 0 Å². The molecule has 0 radical (unpaired) electrons. The van der Waals surface area contributed by atoms with Crippen LogP contribution in [0.4, 0.5) is 5.69 Å². The van der Waals surface area contributed by atoms with Crippen molar-refractivity contribution >= 4 is 11.6 Å². The molecule has 1 fully saturated rings. The standard InChI is InChI=1S/C14H20N2O/c1-2-15-13-9-5-4-8-12(13)14(17)16-10-6-3-7-11-16/h4-5,8-9,15H,2-3,6-7,10-11H2,1H3. The SMILES string of the molecule is CCNc1ccccc1C(=O)N1CCCCC1. The van der Waals surface area contributed by atoms with Crippen molar-refractivity contribution in [1.82, 2.24) is 4.90 Å². The number of anilines is 1. The monoisotopic (exact) mass is 232 g/mol. The van der Waals surface area contributed by atoms with Crippen LogP contribution in [0.25, 0.3) is 0 Å². The fourth-order valence-corrected chi connectivity index (χ4v) is 2.28. The summed E-state index contributed by atoms with van der Waals surface area (Å²) in [6.45, 7) is 4.69. The molecule has 92 valence electrons. The van der Waals surface area contributed by atoms with Gasteiger partial charge in [-0.1, -0.05) is 12.1 Å². The molecule has 0 atom stereocenters. The first-order chi connectivity index (χ1) is 8.33. The Bertz CT molecular complexity index is 384. The van der Waals surface area contributed by atoms with Crippen LogP contribution in [0.15, 0.2) is 24.3 Å². The summed E-state index contributed by atoms with van der Waals surface area (Å²) in [5.41, 5.74) is 1.75. The van der Waals surface area contributed by atoms with Crippen molar-refractivity contribution in [2.75, 3.05) is 25.0 Å². The van der Waals surface area contributed by atoms with Gasteiger partial charge < -0.3 is 10.2 Å². The number of nitrogens with zero attached hydrogens (tertiary/aromatic N) is 1. The van der Waals surface area contributed by atoms with Crippen molar-refractivity contribution in [2.24, 2.45) is 0 Å². The highest BCUT2D eigenvalue weighted by atomic mass is 16.2. The van der Waals surface area contributed by atoms with E-state index in [1.54, 1.807) is 0 Å². The Morgan fingerprint density at radius 3 is 2.65 bits per heavy atom. The lowest BCUT2D eigenvalue weighted by molar-refractivity contribution is 0.0725. The van der Waals surface area contributed by atoms with Crippen LogP contribution in [0.5, 0.6) is 0 Å². The van der Waals surface area contributed by atoms with Gasteiger partial charge in [-0.3, -0.25) is 4.79 Å². The van der Waals surface area contributed by atoms with Gasteiger partial charge in [0.2, 0.25) is 0 Å². The molecule has 2 rings (SSSR count). The average molecular weight is 232 g/mol. The van der Waals surface area contributed by atoms with Gasteiger partial charge in [0.1, 0.15) is 0 Å². The van der Waals surface area contributed by atoms with Crippen molar-refractivity contribution in [3.8, 4) is 0 Å². The highest BCUT2D eigenvalue weighted by Crippen LogP contribution is 2.19. The lowest BCUT2D eigenvalue weighted by Gasteiger charge is -2.27. The average Bonchev–Trinajstić information content (AvgIpc) is 2.40. The Labute approximate surface area is 103 Å². The summed E-state index contributed by atoms with van der Waals surface area (Å²) in [5.74, 6) is 0.168. The van der Waals surface area contributed by atoms with E-state index in [1.165, 1.54) is 6.42 Å². The van der Waals surface area contributed by atoms with Crippen LogP contribution in [0.3, 0.4) is 0 Å². The molecular weight excluding hydrogens is 212 g/mol. The highest BCUT2D eigenvalue weighted by Gasteiger charge is 2.19. The third kappa shape index (κ3) is 2.78. The lowest BCUT2D eigenvalue weighted by atomic mass is 10.1. The number of piperidine rings is 1. The molecule has 0 aromatic heterocycles. The number of hydrogen-bond acceptors (Lipinski definition) is 2. The molecule has 3 heteroatoms. The highest BCUT2D eigenvalue weighted by molar-refractivity contribution is 5.99. The first-order valence-corrected chi connectivity index (χ1v) is 6.45. The largest absolute Gasteiger partial charge is 0.385 e. The second-order valence-corrected chi connectivity index (χ2v) is 4.43.